The molecule has 1 saturated heterocycles. The van der Waals surface area contributed by atoms with Crippen molar-refractivity contribution in [3.05, 3.63) is 24.5 Å². The summed E-state index contributed by atoms with van der Waals surface area (Å²) in [6.45, 7) is 0.720. The topological polar surface area (TPSA) is 63.2 Å². The highest BCUT2D eigenvalue weighted by Gasteiger charge is 2.17. The van der Waals surface area contributed by atoms with Crippen LogP contribution in [0.2, 0.25) is 0 Å². The van der Waals surface area contributed by atoms with E-state index in [4.69, 9.17) is 4.74 Å². The van der Waals surface area contributed by atoms with E-state index in [0.717, 1.165) is 19.4 Å². The van der Waals surface area contributed by atoms with Gasteiger partial charge in [-0.3, -0.25) is 4.98 Å². The van der Waals surface area contributed by atoms with Crippen LogP contribution >= 0.6 is 0 Å². The van der Waals surface area contributed by atoms with E-state index in [1.165, 1.54) is 0 Å². The predicted molar refractivity (Wildman–Crippen MR) is 55.4 cm³/mol. The Kier molecular flexibility index (Phi) is 3.14. The van der Waals surface area contributed by atoms with E-state index in [1.54, 1.807) is 24.5 Å². The van der Waals surface area contributed by atoms with Crippen molar-refractivity contribution in [2.75, 3.05) is 11.9 Å². The van der Waals surface area contributed by atoms with E-state index < -0.39 is 0 Å². The zero-order valence-electron chi connectivity index (χ0n) is 8.27. The number of hydrogen-bond acceptors (Lipinski definition) is 3. The van der Waals surface area contributed by atoms with E-state index in [9.17, 15) is 4.79 Å². The molecule has 15 heavy (non-hydrogen) atoms. The molecule has 0 bridgehead atoms. The van der Waals surface area contributed by atoms with Gasteiger partial charge >= 0.3 is 6.03 Å². The number of nitrogens with zero attached hydrogens (tertiary/aromatic N) is 1. The lowest BCUT2D eigenvalue weighted by molar-refractivity contribution is 0.0928. The van der Waals surface area contributed by atoms with Gasteiger partial charge in [0.15, 0.2) is 0 Å². The minimum absolute atomic E-state index is 0.151. The van der Waals surface area contributed by atoms with E-state index in [-0.39, 0.29) is 12.3 Å². The third kappa shape index (κ3) is 2.92. The average molecular weight is 207 g/mol. The highest BCUT2D eigenvalue weighted by atomic mass is 16.5. The van der Waals surface area contributed by atoms with Gasteiger partial charge in [-0.25, -0.2) is 4.79 Å². The van der Waals surface area contributed by atoms with Crippen molar-refractivity contribution in [2.45, 2.75) is 19.1 Å². The second-order valence-corrected chi connectivity index (χ2v) is 3.34. The minimum Gasteiger partial charge on any atom is -0.358 e. The lowest BCUT2D eigenvalue weighted by Gasteiger charge is -2.12. The van der Waals surface area contributed by atoms with Gasteiger partial charge in [-0.15, -0.1) is 0 Å². The number of amides is 2. The number of carbonyl (C=O) groups excluding carboxylic acids is 1. The van der Waals surface area contributed by atoms with Crippen LogP contribution in [0.1, 0.15) is 12.8 Å². The van der Waals surface area contributed by atoms with Gasteiger partial charge in [0.1, 0.15) is 6.23 Å². The van der Waals surface area contributed by atoms with Crippen molar-refractivity contribution in [3.8, 4) is 0 Å². The second-order valence-electron chi connectivity index (χ2n) is 3.34. The summed E-state index contributed by atoms with van der Waals surface area (Å²) < 4.78 is 5.27. The van der Waals surface area contributed by atoms with Crippen molar-refractivity contribution >= 4 is 11.7 Å². The molecule has 1 aliphatic heterocycles. The molecule has 2 amide bonds. The number of nitrogens with one attached hydrogen (secondary N) is 2. The number of aromatic nitrogens is 1. The van der Waals surface area contributed by atoms with Crippen LogP contribution in [0.5, 0.6) is 0 Å². The van der Waals surface area contributed by atoms with E-state index in [0.29, 0.717) is 5.69 Å². The Hall–Kier alpha value is -1.62. The quantitative estimate of drug-likeness (QED) is 0.769. The summed E-state index contributed by atoms with van der Waals surface area (Å²) in [5.41, 5.74) is 0.674. The zero-order chi connectivity index (χ0) is 10.5. The molecule has 5 nitrogen and oxygen atoms in total. The number of pyridine rings is 1. The Bertz CT molecular complexity index is 323. The Morgan fingerprint density at radius 1 is 1.60 bits per heavy atom. The van der Waals surface area contributed by atoms with Crippen LogP contribution in [0.4, 0.5) is 10.5 Å². The standard InChI is InChI=1S/C10H13N3O2/c14-10(13-9-4-2-6-15-9)12-8-3-1-5-11-7-8/h1,3,5,7,9H,2,4,6H2,(H2,12,13,14). The van der Waals surface area contributed by atoms with Crippen molar-refractivity contribution in [1.82, 2.24) is 10.3 Å². The Balaban J connectivity index is 1.82. The van der Waals surface area contributed by atoms with Crippen LogP contribution in [-0.4, -0.2) is 23.8 Å². The molecule has 0 spiro atoms. The number of anilines is 1. The van der Waals surface area contributed by atoms with Crippen LogP contribution in [0, 0.1) is 0 Å². The van der Waals surface area contributed by atoms with Gasteiger partial charge in [-0.1, -0.05) is 0 Å². The van der Waals surface area contributed by atoms with Gasteiger partial charge in [0.05, 0.1) is 11.9 Å². The normalized spacial score (nSPS) is 19.9. The van der Waals surface area contributed by atoms with Crippen LogP contribution in [0.25, 0.3) is 0 Å². The van der Waals surface area contributed by atoms with E-state index in [2.05, 4.69) is 15.6 Å². The summed E-state index contributed by atoms with van der Waals surface area (Å²) in [6, 6.07) is 3.29. The molecule has 1 aromatic heterocycles. The monoisotopic (exact) mass is 207 g/mol. The first-order valence-electron chi connectivity index (χ1n) is 4.94. The number of ether oxygens (including phenoxy) is 1. The first-order chi connectivity index (χ1) is 7.34. The molecule has 2 rings (SSSR count). The highest BCUT2D eigenvalue weighted by molar-refractivity contribution is 5.89. The molecule has 2 N–H and O–H groups in total. The van der Waals surface area contributed by atoms with Crippen LogP contribution in [-0.2, 0) is 4.74 Å². The summed E-state index contributed by atoms with van der Waals surface area (Å²) >= 11 is 0. The molecule has 1 atom stereocenters. The molecule has 1 aliphatic rings. The third-order valence-electron chi connectivity index (χ3n) is 2.14. The van der Waals surface area contributed by atoms with E-state index >= 15 is 0 Å². The van der Waals surface area contributed by atoms with Gasteiger partial charge in [-0.05, 0) is 25.0 Å². The molecule has 1 fully saturated rings. The SMILES string of the molecule is O=C(Nc1cccnc1)NC1CCCO1. The van der Waals surface area contributed by atoms with Crippen LogP contribution in [0.3, 0.4) is 0 Å². The summed E-state index contributed by atoms with van der Waals surface area (Å²) in [5.74, 6) is 0. The molecule has 1 aromatic rings. The lowest BCUT2D eigenvalue weighted by atomic mass is 10.3. The molecule has 2 heterocycles. The maximum atomic E-state index is 11.4. The van der Waals surface area contributed by atoms with Crippen molar-refractivity contribution in [1.29, 1.82) is 0 Å². The fourth-order valence-corrected chi connectivity index (χ4v) is 1.44. The zero-order valence-corrected chi connectivity index (χ0v) is 8.27. The highest BCUT2D eigenvalue weighted by Crippen LogP contribution is 2.09. The first-order valence-corrected chi connectivity index (χ1v) is 4.94. The Morgan fingerprint density at radius 3 is 3.20 bits per heavy atom. The molecule has 1 unspecified atom stereocenters. The molecular weight excluding hydrogens is 194 g/mol. The number of carbonyl (C=O) groups is 1. The van der Waals surface area contributed by atoms with E-state index in [1.807, 2.05) is 0 Å². The second kappa shape index (κ2) is 4.75. The fourth-order valence-electron chi connectivity index (χ4n) is 1.44. The van der Waals surface area contributed by atoms with Crippen LogP contribution < -0.4 is 10.6 Å². The Labute approximate surface area is 87.8 Å². The summed E-state index contributed by atoms with van der Waals surface area (Å²) in [6.07, 6.45) is 4.97. The first kappa shape index (κ1) is 9.92. The summed E-state index contributed by atoms with van der Waals surface area (Å²) in [4.78, 5) is 15.3. The Morgan fingerprint density at radius 2 is 2.53 bits per heavy atom. The molecule has 0 saturated carbocycles. The number of hydrogen-bond donors (Lipinski definition) is 2. The largest absolute Gasteiger partial charge is 0.358 e. The maximum Gasteiger partial charge on any atom is 0.321 e. The van der Waals surface area contributed by atoms with Crippen molar-refractivity contribution < 1.29 is 9.53 Å². The number of rotatable bonds is 2. The molecule has 80 valence electrons. The molecule has 0 aromatic carbocycles. The molecular formula is C10H13N3O2. The summed E-state index contributed by atoms with van der Waals surface area (Å²) in [7, 11) is 0. The molecule has 5 heteroatoms. The van der Waals surface area contributed by atoms with Gasteiger partial charge in [-0.2, -0.15) is 0 Å². The molecule has 0 radical (unpaired) electrons. The average Bonchev–Trinajstić information content (AvgIpc) is 2.71. The van der Waals surface area contributed by atoms with Crippen molar-refractivity contribution in [2.24, 2.45) is 0 Å². The van der Waals surface area contributed by atoms with Gasteiger partial charge in [0.25, 0.3) is 0 Å². The number of urea groups is 1. The van der Waals surface area contributed by atoms with Gasteiger partial charge < -0.3 is 15.4 Å². The smallest absolute Gasteiger partial charge is 0.321 e. The maximum absolute atomic E-state index is 11.4. The van der Waals surface area contributed by atoms with Crippen LogP contribution in [0.15, 0.2) is 24.5 Å². The lowest BCUT2D eigenvalue weighted by Crippen LogP contribution is -2.37. The third-order valence-corrected chi connectivity index (χ3v) is 2.14. The molecule has 0 aliphatic carbocycles. The van der Waals surface area contributed by atoms with Gasteiger partial charge in [0.2, 0.25) is 0 Å². The minimum atomic E-state index is -0.255. The fraction of sp³-hybridized carbons (Fsp3) is 0.400. The predicted octanol–water partition coefficient (Wildman–Crippen LogP) is 1.34. The van der Waals surface area contributed by atoms with Gasteiger partial charge in [0, 0.05) is 12.8 Å². The summed E-state index contributed by atoms with van der Waals surface area (Å²) in [5, 5.41) is 5.40. The van der Waals surface area contributed by atoms with Crippen molar-refractivity contribution in [3.63, 3.8) is 0 Å².